The Hall–Kier alpha value is -0.890. The van der Waals surface area contributed by atoms with Crippen LogP contribution in [0.2, 0.25) is 0 Å². The Morgan fingerprint density at radius 3 is 2.53 bits per heavy atom. The third-order valence-corrected chi connectivity index (χ3v) is 4.51. The summed E-state index contributed by atoms with van der Waals surface area (Å²) in [6, 6.07) is 7.77. The molecule has 0 amide bonds. The summed E-state index contributed by atoms with van der Waals surface area (Å²) in [5.41, 5.74) is 0.813. The summed E-state index contributed by atoms with van der Waals surface area (Å²) in [6.45, 7) is 4.39. The summed E-state index contributed by atoms with van der Waals surface area (Å²) in [7, 11) is 0. The molecule has 0 heterocycles. The highest BCUT2D eigenvalue weighted by molar-refractivity contribution is 5.21. The van der Waals surface area contributed by atoms with Crippen LogP contribution in [0.1, 0.15) is 64.0 Å². The van der Waals surface area contributed by atoms with Crippen LogP contribution >= 0.6 is 0 Å². The Bertz CT molecular complexity index is 385. The van der Waals surface area contributed by atoms with Crippen molar-refractivity contribution in [3.05, 3.63) is 35.6 Å². The van der Waals surface area contributed by atoms with Crippen molar-refractivity contribution in [1.29, 1.82) is 0 Å². The molecule has 1 aliphatic rings. The smallest absolute Gasteiger partial charge is 0.127 e. The van der Waals surface area contributed by atoms with Crippen LogP contribution in [0.5, 0.6) is 0 Å². The third-order valence-electron chi connectivity index (χ3n) is 4.51. The maximum atomic E-state index is 13.9. The van der Waals surface area contributed by atoms with Crippen molar-refractivity contribution >= 4 is 0 Å². The van der Waals surface area contributed by atoms with Gasteiger partial charge in [0.2, 0.25) is 0 Å². The van der Waals surface area contributed by atoms with E-state index in [0.29, 0.717) is 6.04 Å². The summed E-state index contributed by atoms with van der Waals surface area (Å²) in [5.74, 6) is 0.673. The van der Waals surface area contributed by atoms with Gasteiger partial charge in [0.05, 0.1) is 0 Å². The van der Waals surface area contributed by atoms with Crippen molar-refractivity contribution < 1.29 is 4.39 Å². The second-order valence-corrected chi connectivity index (χ2v) is 5.84. The second kappa shape index (κ2) is 7.04. The van der Waals surface area contributed by atoms with Crippen molar-refractivity contribution in [2.75, 3.05) is 0 Å². The molecule has 0 aliphatic heterocycles. The second-order valence-electron chi connectivity index (χ2n) is 5.84. The lowest BCUT2D eigenvalue weighted by atomic mass is 9.84. The number of nitrogens with one attached hydrogen (secondary N) is 1. The van der Waals surface area contributed by atoms with Crippen LogP contribution in [0.3, 0.4) is 0 Å². The summed E-state index contributed by atoms with van der Waals surface area (Å²) < 4.78 is 13.9. The topological polar surface area (TPSA) is 12.0 Å². The number of benzene rings is 1. The van der Waals surface area contributed by atoms with Crippen LogP contribution in [0, 0.1) is 11.7 Å². The minimum atomic E-state index is -0.0855. The third kappa shape index (κ3) is 3.79. The van der Waals surface area contributed by atoms with Gasteiger partial charge in [-0.15, -0.1) is 0 Å². The quantitative estimate of drug-likeness (QED) is 0.802. The van der Waals surface area contributed by atoms with Crippen molar-refractivity contribution in [1.82, 2.24) is 5.32 Å². The summed E-state index contributed by atoms with van der Waals surface area (Å²) in [6.07, 6.45) is 7.66. The predicted molar refractivity (Wildman–Crippen MR) is 78.6 cm³/mol. The Morgan fingerprint density at radius 2 is 1.89 bits per heavy atom. The maximum Gasteiger partial charge on any atom is 0.127 e. The highest BCUT2D eigenvalue weighted by atomic mass is 19.1. The Labute approximate surface area is 116 Å². The van der Waals surface area contributed by atoms with Gasteiger partial charge >= 0.3 is 0 Å². The van der Waals surface area contributed by atoms with Gasteiger partial charge in [-0.1, -0.05) is 44.4 Å². The van der Waals surface area contributed by atoms with Gasteiger partial charge in [0.15, 0.2) is 0 Å². The molecule has 2 rings (SSSR count). The molecule has 1 unspecified atom stereocenters. The Morgan fingerprint density at radius 1 is 1.21 bits per heavy atom. The van der Waals surface area contributed by atoms with Gasteiger partial charge in [0.25, 0.3) is 0 Å². The molecule has 0 bridgehead atoms. The number of hydrogen-bond donors (Lipinski definition) is 1. The SMILES string of the molecule is CCC(N[C@@H](C)C1CCCCC1)c1ccccc1F. The fourth-order valence-corrected chi connectivity index (χ4v) is 3.27. The fraction of sp³-hybridized carbons (Fsp3) is 0.647. The molecule has 2 heteroatoms. The van der Waals surface area contributed by atoms with E-state index in [9.17, 15) is 4.39 Å². The molecule has 1 nitrogen and oxygen atoms in total. The van der Waals surface area contributed by atoms with Gasteiger partial charge in [-0.25, -0.2) is 4.39 Å². The summed E-state index contributed by atoms with van der Waals surface area (Å²) in [5, 5.41) is 3.65. The molecule has 106 valence electrons. The first kappa shape index (κ1) is 14.5. The van der Waals surface area contributed by atoms with E-state index in [-0.39, 0.29) is 11.9 Å². The summed E-state index contributed by atoms with van der Waals surface area (Å²) in [4.78, 5) is 0. The number of hydrogen-bond acceptors (Lipinski definition) is 1. The van der Waals surface area contributed by atoms with Crippen LogP contribution < -0.4 is 5.32 Å². The van der Waals surface area contributed by atoms with Gasteiger partial charge in [0.1, 0.15) is 5.82 Å². The van der Waals surface area contributed by atoms with E-state index in [1.165, 1.54) is 32.1 Å². The van der Waals surface area contributed by atoms with Gasteiger partial charge in [-0.2, -0.15) is 0 Å². The first-order chi connectivity index (χ1) is 9.22. The fourth-order valence-electron chi connectivity index (χ4n) is 3.27. The van der Waals surface area contributed by atoms with E-state index in [1.54, 1.807) is 12.1 Å². The first-order valence-electron chi connectivity index (χ1n) is 7.72. The van der Waals surface area contributed by atoms with Crippen LogP contribution in [0.15, 0.2) is 24.3 Å². The Kier molecular flexibility index (Phi) is 5.38. The predicted octanol–water partition coefficient (Wildman–Crippen LogP) is 4.84. The van der Waals surface area contributed by atoms with Crippen molar-refractivity contribution in [2.24, 2.45) is 5.92 Å². The molecule has 1 saturated carbocycles. The van der Waals surface area contributed by atoms with Crippen molar-refractivity contribution in [3.8, 4) is 0 Å². The zero-order valence-corrected chi connectivity index (χ0v) is 12.2. The van der Waals surface area contributed by atoms with Gasteiger partial charge in [-0.3, -0.25) is 0 Å². The van der Waals surface area contributed by atoms with E-state index < -0.39 is 0 Å². The van der Waals surface area contributed by atoms with E-state index in [0.717, 1.165) is 17.9 Å². The molecular weight excluding hydrogens is 237 g/mol. The van der Waals surface area contributed by atoms with E-state index in [2.05, 4.69) is 19.2 Å². The van der Waals surface area contributed by atoms with Crippen LogP contribution in [0.4, 0.5) is 4.39 Å². The average molecular weight is 263 g/mol. The summed E-state index contributed by atoms with van der Waals surface area (Å²) >= 11 is 0. The maximum absolute atomic E-state index is 13.9. The molecule has 1 aliphatic carbocycles. The lowest BCUT2D eigenvalue weighted by molar-refractivity contribution is 0.261. The highest BCUT2D eigenvalue weighted by Crippen LogP contribution is 2.28. The van der Waals surface area contributed by atoms with Crippen LogP contribution in [-0.2, 0) is 0 Å². The molecule has 0 aromatic heterocycles. The lowest BCUT2D eigenvalue weighted by Crippen LogP contribution is -2.37. The molecule has 19 heavy (non-hydrogen) atoms. The number of rotatable bonds is 5. The molecule has 0 spiro atoms. The zero-order valence-electron chi connectivity index (χ0n) is 12.2. The van der Waals surface area contributed by atoms with Crippen molar-refractivity contribution in [3.63, 3.8) is 0 Å². The number of halogens is 1. The van der Waals surface area contributed by atoms with Crippen LogP contribution in [0.25, 0.3) is 0 Å². The molecule has 0 radical (unpaired) electrons. The first-order valence-corrected chi connectivity index (χ1v) is 7.72. The van der Waals surface area contributed by atoms with Gasteiger partial charge in [-0.05, 0) is 38.2 Å². The van der Waals surface area contributed by atoms with E-state index in [4.69, 9.17) is 0 Å². The zero-order chi connectivity index (χ0) is 13.7. The average Bonchev–Trinajstić information content (AvgIpc) is 2.46. The van der Waals surface area contributed by atoms with E-state index >= 15 is 0 Å². The molecule has 1 aromatic rings. The molecule has 1 fully saturated rings. The lowest BCUT2D eigenvalue weighted by Gasteiger charge is -2.31. The van der Waals surface area contributed by atoms with Gasteiger partial charge < -0.3 is 5.32 Å². The molecule has 2 atom stereocenters. The minimum absolute atomic E-state index is 0.0855. The van der Waals surface area contributed by atoms with Crippen molar-refractivity contribution in [2.45, 2.75) is 64.5 Å². The van der Waals surface area contributed by atoms with E-state index in [1.807, 2.05) is 12.1 Å². The van der Waals surface area contributed by atoms with Gasteiger partial charge in [0, 0.05) is 17.6 Å². The largest absolute Gasteiger partial charge is 0.307 e. The monoisotopic (exact) mass is 263 g/mol. The molecular formula is C17H26FN. The highest BCUT2D eigenvalue weighted by Gasteiger charge is 2.23. The molecule has 0 saturated heterocycles. The molecule has 1 N–H and O–H groups in total. The van der Waals surface area contributed by atoms with Crippen LogP contribution in [-0.4, -0.2) is 6.04 Å². The normalized spacial score (nSPS) is 20.2. The Balaban J connectivity index is 2.00. The standard InChI is InChI=1S/C17H26FN/c1-3-17(15-11-7-8-12-16(15)18)19-13(2)14-9-5-4-6-10-14/h7-8,11-14,17,19H,3-6,9-10H2,1-2H3/t13-,17?/m0/s1. The minimum Gasteiger partial charge on any atom is -0.307 e. The molecule has 1 aromatic carbocycles.